The van der Waals surface area contributed by atoms with Crippen molar-refractivity contribution in [3.05, 3.63) is 56.5 Å². The molecule has 2 aromatic rings. The summed E-state index contributed by atoms with van der Waals surface area (Å²) in [7, 11) is 1.92. The number of rotatable bonds is 4. The third-order valence-electron chi connectivity index (χ3n) is 2.99. The molecule has 0 aliphatic heterocycles. The molecule has 20 heavy (non-hydrogen) atoms. The second kappa shape index (κ2) is 6.81. The summed E-state index contributed by atoms with van der Waals surface area (Å²) in [5.41, 5.74) is 1.16. The largest absolute Gasteiger partial charge is 0.456 e. The fraction of sp³-hybridized carbons (Fsp3) is 0.200. The van der Waals surface area contributed by atoms with Crippen LogP contribution in [0.1, 0.15) is 18.5 Å². The monoisotopic (exact) mass is 373 g/mol. The highest BCUT2D eigenvalue weighted by molar-refractivity contribution is 9.10. The van der Waals surface area contributed by atoms with Crippen molar-refractivity contribution >= 4 is 39.1 Å². The summed E-state index contributed by atoms with van der Waals surface area (Å²) in [6.45, 7) is 2.09. The second-order valence-electron chi connectivity index (χ2n) is 4.37. The molecule has 1 unspecified atom stereocenters. The maximum atomic E-state index is 6.08. The van der Waals surface area contributed by atoms with Crippen LogP contribution in [0.2, 0.25) is 10.0 Å². The third kappa shape index (κ3) is 3.67. The molecule has 2 rings (SSSR count). The summed E-state index contributed by atoms with van der Waals surface area (Å²) >= 11 is 15.6. The van der Waals surface area contributed by atoms with E-state index in [0.29, 0.717) is 21.5 Å². The quantitative estimate of drug-likeness (QED) is 0.726. The fourth-order valence-corrected chi connectivity index (χ4v) is 2.78. The van der Waals surface area contributed by atoms with Crippen LogP contribution in [0, 0.1) is 0 Å². The Hall–Kier alpha value is -0.740. The summed E-state index contributed by atoms with van der Waals surface area (Å²) in [6.07, 6.45) is 0. The first kappa shape index (κ1) is 15.6. The van der Waals surface area contributed by atoms with Gasteiger partial charge in [-0.2, -0.15) is 0 Å². The van der Waals surface area contributed by atoms with Gasteiger partial charge in [0.25, 0.3) is 0 Å². The predicted molar refractivity (Wildman–Crippen MR) is 88.2 cm³/mol. The number of halogens is 3. The van der Waals surface area contributed by atoms with Crippen LogP contribution < -0.4 is 10.1 Å². The molecular formula is C15H14BrCl2NO. The van der Waals surface area contributed by atoms with Crippen molar-refractivity contribution in [1.82, 2.24) is 5.32 Å². The molecule has 1 N–H and O–H groups in total. The Bertz CT molecular complexity index is 619. The Labute approximate surface area is 137 Å². The van der Waals surface area contributed by atoms with Crippen LogP contribution in [0.15, 0.2) is 40.9 Å². The van der Waals surface area contributed by atoms with E-state index in [1.807, 2.05) is 25.2 Å². The van der Waals surface area contributed by atoms with Crippen LogP contribution in [0.4, 0.5) is 0 Å². The van der Waals surface area contributed by atoms with Gasteiger partial charge in [0.05, 0.1) is 5.02 Å². The molecule has 0 saturated carbocycles. The first-order valence-electron chi connectivity index (χ1n) is 6.11. The fourth-order valence-electron chi connectivity index (χ4n) is 1.76. The summed E-state index contributed by atoms with van der Waals surface area (Å²) in [6, 6.07) is 11.2. The summed E-state index contributed by atoms with van der Waals surface area (Å²) < 4.78 is 6.75. The molecule has 0 bridgehead atoms. The van der Waals surface area contributed by atoms with E-state index in [0.717, 1.165) is 10.0 Å². The lowest BCUT2D eigenvalue weighted by molar-refractivity contribution is 0.482. The maximum absolute atomic E-state index is 6.08. The molecular weight excluding hydrogens is 361 g/mol. The van der Waals surface area contributed by atoms with Crippen LogP contribution in [-0.4, -0.2) is 7.05 Å². The van der Waals surface area contributed by atoms with Gasteiger partial charge in [0.1, 0.15) is 11.5 Å². The average molecular weight is 375 g/mol. The van der Waals surface area contributed by atoms with Crippen molar-refractivity contribution in [1.29, 1.82) is 0 Å². The minimum atomic E-state index is 0.258. The van der Waals surface area contributed by atoms with E-state index in [2.05, 4.69) is 28.2 Å². The van der Waals surface area contributed by atoms with E-state index in [1.54, 1.807) is 18.2 Å². The highest BCUT2D eigenvalue weighted by Crippen LogP contribution is 2.34. The van der Waals surface area contributed by atoms with E-state index < -0.39 is 0 Å². The van der Waals surface area contributed by atoms with Crippen molar-refractivity contribution in [2.45, 2.75) is 13.0 Å². The summed E-state index contributed by atoms with van der Waals surface area (Å²) in [5.74, 6) is 1.24. The topological polar surface area (TPSA) is 21.3 Å². The van der Waals surface area contributed by atoms with Gasteiger partial charge in [-0.1, -0.05) is 45.2 Å². The molecule has 0 saturated heterocycles. The van der Waals surface area contributed by atoms with Crippen LogP contribution in [-0.2, 0) is 0 Å². The lowest BCUT2D eigenvalue weighted by Crippen LogP contribution is -2.12. The van der Waals surface area contributed by atoms with Crippen molar-refractivity contribution < 1.29 is 4.74 Å². The van der Waals surface area contributed by atoms with Crippen molar-refractivity contribution in [3.8, 4) is 11.5 Å². The Balaban J connectivity index is 2.26. The normalized spacial score (nSPS) is 12.2. The van der Waals surface area contributed by atoms with Gasteiger partial charge < -0.3 is 10.1 Å². The smallest absolute Gasteiger partial charge is 0.147 e. The van der Waals surface area contributed by atoms with Crippen molar-refractivity contribution in [2.75, 3.05) is 7.05 Å². The van der Waals surface area contributed by atoms with Gasteiger partial charge in [-0.15, -0.1) is 0 Å². The molecule has 1 atom stereocenters. The van der Waals surface area contributed by atoms with Crippen LogP contribution in [0.3, 0.4) is 0 Å². The molecule has 0 spiro atoms. The van der Waals surface area contributed by atoms with Crippen molar-refractivity contribution in [3.63, 3.8) is 0 Å². The van der Waals surface area contributed by atoms with Gasteiger partial charge >= 0.3 is 0 Å². The number of nitrogens with one attached hydrogen (secondary N) is 1. The Kier molecular flexibility index (Phi) is 5.33. The zero-order valence-corrected chi connectivity index (χ0v) is 14.2. The Morgan fingerprint density at radius 1 is 1.15 bits per heavy atom. The van der Waals surface area contributed by atoms with Gasteiger partial charge in [0.15, 0.2) is 0 Å². The minimum Gasteiger partial charge on any atom is -0.456 e. The van der Waals surface area contributed by atoms with E-state index in [-0.39, 0.29) is 6.04 Å². The predicted octanol–water partition coefficient (Wildman–Crippen LogP) is 5.83. The van der Waals surface area contributed by atoms with Crippen LogP contribution in [0.5, 0.6) is 11.5 Å². The van der Waals surface area contributed by atoms with Gasteiger partial charge in [0, 0.05) is 21.6 Å². The highest BCUT2D eigenvalue weighted by atomic mass is 79.9. The molecule has 106 valence electrons. The molecule has 0 aliphatic rings. The van der Waals surface area contributed by atoms with Gasteiger partial charge in [-0.3, -0.25) is 0 Å². The lowest BCUT2D eigenvalue weighted by atomic mass is 10.1. The molecule has 2 aromatic carbocycles. The molecule has 0 aromatic heterocycles. The van der Waals surface area contributed by atoms with Crippen molar-refractivity contribution in [2.24, 2.45) is 0 Å². The first-order chi connectivity index (χ1) is 9.51. The molecule has 0 fully saturated rings. The maximum Gasteiger partial charge on any atom is 0.147 e. The molecule has 0 radical (unpaired) electrons. The third-order valence-corrected chi connectivity index (χ3v) is 4.23. The SMILES string of the molecule is CNC(C)c1ccc(Oc2cc(Cl)ccc2Cl)cc1Br. The summed E-state index contributed by atoms with van der Waals surface area (Å²) in [4.78, 5) is 0. The van der Waals surface area contributed by atoms with Gasteiger partial charge in [0.2, 0.25) is 0 Å². The Morgan fingerprint density at radius 2 is 1.90 bits per heavy atom. The van der Waals surface area contributed by atoms with E-state index in [1.165, 1.54) is 0 Å². The molecule has 2 nitrogen and oxygen atoms in total. The number of ether oxygens (including phenoxy) is 1. The van der Waals surface area contributed by atoms with Crippen LogP contribution >= 0.6 is 39.1 Å². The minimum absolute atomic E-state index is 0.258. The van der Waals surface area contributed by atoms with Gasteiger partial charge in [-0.05, 0) is 43.8 Å². The lowest BCUT2D eigenvalue weighted by Gasteiger charge is -2.14. The van der Waals surface area contributed by atoms with E-state index in [4.69, 9.17) is 27.9 Å². The highest BCUT2D eigenvalue weighted by Gasteiger charge is 2.10. The molecule has 5 heteroatoms. The first-order valence-corrected chi connectivity index (χ1v) is 7.65. The standard InChI is InChI=1S/C15H14BrCl2NO/c1-9(19-2)12-5-4-11(8-13(12)16)20-15-7-10(17)3-6-14(15)18/h3-9,19H,1-2H3. The number of hydrogen-bond acceptors (Lipinski definition) is 2. The van der Waals surface area contributed by atoms with E-state index in [9.17, 15) is 0 Å². The summed E-state index contributed by atoms with van der Waals surface area (Å²) in [5, 5.41) is 4.31. The Morgan fingerprint density at radius 3 is 2.55 bits per heavy atom. The zero-order chi connectivity index (χ0) is 14.7. The average Bonchev–Trinajstić information content (AvgIpc) is 2.42. The zero-order valence-electron chi connectivity index (χ0n) is 11.1. The van der Waals surface area contributed by atoms with E-state index >= 15 is 0 Å². The number of hydrogen-bond donors (Lipinski definition) is 1. The van der Waals surface area contributed by atoms with Crippen LogP contribution in [0.25, 0.3) is 0 Å². The number of benzene rings is 2. The second-order valence-corrected chi connectivity index (χ2v) is 6.07. The molecule has 0 amide bonds. The molecule has 0 aliphatic carbocycles. The van der Waals surface area contributed by atoms with Gasteiger partial charge in [-0.25, -0.2) is 0 Å². The molecule has 0 heterocycles.